The highest BCUT2D eigenvalue weighted by Gasteiger charge is 2.41. The minimum Gasteiger partial charge on any atom is -0.508 e. The van der Waals surface area contributed by atoms with Crippen LogP contribution in [0.25, 0.3) is 28.0 Å². The van der Waals surface area contributed by atoms with Crippen LogP contribution in [0.3, 0.4) is 0 Å². The van der Waals surface area contributed by atoms with E-state index in [1.54, 1.807) is 18.2 Å². The van der Waals surface area contributed by atoms with Crippen LogP contribution >= 0.6 is 0 Å². The summed E-state index contributed by atoms with van der Waals surface area (Å²) in [6.07, 6.45) is -10.2. The van der Waals surface area contributed by atoms with Crippen molar-refractivity contribution in [3.8, 4) is 28.1 Å². The second-order valence-electron chi connectivity index (χ2n) is 6.39. The van der Waals surface area contributed by atoms with Crippen LogP contribution in [0.1, 0.15) is 11.4 Å². The van der Waals surface area contributed by atoms with Crippen LogP contribution < -0.4 is 0 Å². The lowest BCUT2D eigenvalue weighted by atomic mass is 10.0. The molecule has 0 fully saturated rings. The molecule has 0 spiro atoms. The van der Waals surface area contributed by atoms with Gasteiger partial charge in [-0.15, -0.1) is 0 Å². The molecule has 0 aliphatic heterocycles. The van der Waals surface area contributed by atoms with Gasteiger partial charge in [0.2, 0.25) is 0 Å². The Hall–Kier alpha value is -3.56. The number of benzene rings is 2. The quantitative estimate of drug-likeness (QED) is 0.414. The molecule has 0 bridgehead atoms. The van der Waals surface area contributed by atoms with Gasteiger partial charge < -0.3 is 5.11 Å². The number of alkyl halides is 6. The van der Waals surface area contributed by atoms with Crippen LogP contribution in [0.4, 0.5) is 26.3 Å². The van der Waals surface area contributed by atoms with E-state index in [-0.39, 0.29) is 23.1 Å². The Morgan fingerprint density at radius 1 is 0.767 bits per heavy atom. The van der Waals surface area contributed by atoms with Gasteiger partial charge in [-0.05, 0) is 35.9 Å². The van der Waals surface area contributed by atoms with Gasteiger partial charge in [0.15, 0.2) is 11.3 Å². The number of aromatic nitrogens is 3. The van der Waals surface area contributed by atoms with Crippen molar-refractivity contribution >= 4 is 5.65 Å². The van der Waals surface area contributed by atoms with Crippen molar-refractivity contribution in [2.45, 2.75) is 12.4 Å². The van der Waals surface area contributed by atoms with Crippen molar-refractivity contribution in [3.05, 3.63) is 72.1 Å². The van der Waals surface area contributed by atoms with Gasteiger partial charge in [0.25, 0.3) is 0 Å². The maximum Gasteiger partial charge on any atom is 0.433 e. The van der Waals surface area contributed by atoms with E-state index in [0.29, 0.717) is 15.6 Å². The smallest absolute Gasteiger partial charge is 0.433 e. The van der Waals surface area contributed by atoms with Gasteiger partial charge in [-0.1, -0.05) is 30.3 Å². The van der Waals surface area contributed by atoms with Crippen molar-refractivity contribution < 1.29 is 31.4 Å². The molecule has 4 rings (SSSR count). The molecule has 4 nitrogen and oxygen atoms in total. The molecule has 2 heterocycles. The fourth-order valence-electron chi connectivity index (χ4n) is 3.06. The number of hydrogen-bond donors (Lipinski definition) is 1. The number of fused-ring (bicyclic) bond motifs is 1. The maximum absolute atomic E-state index is 13.6. The summed E-state index contributed by atoms with van der Waals surface area (Å²) in [6, 6.07) is 13.3. The molecule has 1 N–H and O–H groups in total. The fourth-order valence-corrected chi connectivity index (χ4v) is 3.06. The second-order valence-corrected chi connectivity index (χ2v) is 6.39. The zero-order chi connectivity index (χ0) is 21.7. The lowest BCUT2D eigenvalue weighted by molar-refractivity contribution is -0.148. The summed E-state index contributed by atoms with van der Waals surface area (Å²) < 4.78 is 81.1. The molecule has 0 amide bonds. The van der Waals surface area contributed by atoms with Crippen molar-refractivity contribution in [3.63, 3.8) is 0 Å². The number of hydrogen-bond acceptors (Lipinski definition) is 3. The SMILES string of the molecule is Oc1ccc(-c2nn3c(C(F)(F)F)cc(C(F)(F)F)nc3c2-c2ccccc2)cc1. The summed E-state index contributed by atoms with van der Waals surface area (Å²) in [5.41, 5.74) is -3.18. The molecule has 4 aromatic rings. The van der Waals surface area contributed by atoms with E-state index in [2.05, 4.69) is 10.1 Å². The van der Waals surface area contributed by atoms with E-state index in [1.165, 1.54) is 36.4 Å². The van der Waals surface area contributed by atoms with Crippen molar-refractivity contribution in [2.75, 3.05) is 0 Å². The largest absolute Gasteiger partial charge is 0.508 e. The van der Waals surface area contributed by atoms with Crippen molar-refractivity contribution in [1.82, 2.24) is 14.6 Å². The highest BCUT2D eigenvalue weighted by atomic mass is 19.4. The monoisotopic (exact) mass is 423 g/mol. The third kappa shape index (κ3) is 3.44. The Morgan fingerprint density at radius 2 is 1.40 bits per heavy atom. The molecule has 154 valence electrons. The molecular formula is C20H11F6N3O. The average molecular weight is 423 g/mol. The number of halogens is 6. The van der Waals surface area contributed by atoms with Crippen LogP contribution in [0.2, 0.25) is 0 Å². The summed E-state index contributed by atoms with van der Waals surface area (Å²) in [4.78, 5) is 3.49. The predicted octanol–water partition coefficient (Wildman–Crippen LogP) is 5.81. The lowest BCUT2D eigenvalue weighted by Gasteiger charge is -2.12. The number of aromatic hydroxyl groups is 1. The lowest BCUT2D eigenvalue weighted by Crippen LogP contribution is -2.18. The van der Waals surface area contributed by atoms with Gasteiger partial charge >= 0.3 is 12.4 Å². The number of rotatable bonds is 2. The molecule has 0 aliphatic carbocycles. The summed E-state index contributed by atoms with van der Waals surface area (Å²) in [5.74, 6) is -0.0859. The predicted molar refractivity (Wildman–Crippen MR) is 95.5 cm³/mol. The van der Waals surface area contributed by atoms with E-state index in [1.807, 2.05) is 0 Å². The van der Waals surface area contributed by atoms with E-state index in [0.717, 1.165) is 0 Å². The Labute approximate surface area is 165 Å². The first-order valence-corrected chi connectivity index (χ1v) is 8.48. The molecule has 0 atom stereocenters. The third-order valence-electron chi connectivity index (χ3n) is 4.37. The second kappa shape index (κ2) is 6.75. The third-order valence-corrected chi connectivity index (χ3v) is 4.37. The minimum atomic E-state index is -5.10. The van der Waals surface area contributed by atoms with Gasteiger partial charge in [0.1, 0.15) is 17.1 Å². The Bertz CT molecular complexity index is 1210. The highest BCUT2D eigenvalue weighted by molar-refractivity contribution is 5.90. The van der Waals surface area contributed by atoms with E-state index < -0.39 is 29.4 Å². The van der Waals surface area contributed by atoms with Crippen LogP contribution in [0.15, 0.2) is 60.7 Å². The molecule has 10 heteroatoms. The van der Waals surface area contributed by atoms with E-state index in [9.17, 15) is 31.4 Å². The Morgan fingerprint density at radius 3 is 1.97 bits per heavy atom. The molecule has 2 aromatic heterocycles. The maximum atomic E-state index is 13.6. The van der Waals surface area contributed by atoms with Crippen molar-refractivity contribution in [2.24, 2.45) is 0 Å². The van der Waals surface area contributed by atoms with Crippen LogP contribution in [0, 0.1) is 0 Å². The molecule has 0 saturated carbocycles. The molecule has 2 aromatic carbocycles. The van der Waals surface area contributed by atoms with Crippen molar-refractivity contribution in [1.29, 1.82) is 0 Å². The molecule has 0 unspecified atom stereocenters. The summed E-state index contributed by atoms with van der Waals surface area (Å²) in [7, 11) is 0. The van der Waals surface area contributed by atoms with E-state index >= 15 is 0 Å². The van der Waals surface area contributed by atoms with Gasteiger partial charge in [0, 0.05) is 5.56 Å². The first-order chi connectivity index (χ1) is 14.1. The van der Waals surface area contributed by atoms with Gasteiger partial charge in [-0.2, -0.15) is 31.4 Å². The average Bonchev–Trinajstić information content (AvgIpc) is 3.06. The number of nitrogens with zero attached hydrogens (tertiary/aromatic N) is 3. The molecule has 30 heavy (non-hydrogen) atoms. The minimum absolute atomic E-state index is 0.00137. The van der Waals surface area contributed by atoms with Gasteiger partial charge in [0.05, 0.1) is 5.56 Å². The van der Waals surface area contributed by atoms with Gasteiger partial charge in [-0.3, -0.25) is 0 Å². The normalized spacial score (nSPS) is 12.5. The molecular weight excluding hydrogens is 412 g/mol. The molecule has 0 saturated heterocycles. The topological polar surface area (TPSA) is 50.4 Å². The zero-order valence-corrected chi connectivity index (χ0v) is 14.8. The van der Waals surface area contributed by atoms with Gasteiger partial charge in [-0.25, -0.2) is 9.50 Å². The van der Waals surface area contributed by atoms with Crippen LogP contribution in [-0.2, 0) is 12.4 Å². The first kappa shape index (κ1) is 19.7. The first-order valence-electron chi connectivity index (χ1n) is 8.48. The Balaban J connectivity index is 2.15. The van der Waals surface area contributed by atoms with Crippen LogP contribution in [-0.4, -0.2) is 19.7 Å². The summed E-state index contributed by atoms with van der Waals surface area (Å²) in [5, 5.41) is 13.5. The molecule has 0 radical (unpaired) electrons. The summed E-state index contributed by atoms with van der Waals surface area (Å²) in [6.45, 7) is 0. The number of phenols is 1. The fraction of sp³-hybridized carbons (Fsp3) is 0.100. The zero-order valence-electron chi connectivity index (χ0n) is 14.8. The molecule has 0 aliphatic rings. The highest BCUT2D eigenvalue weighted by Crippen LogP contribution is 2.40. The van der Waals surface area contributed by atoms with Crippen LogP contribution in [0.5, 0.6) is 5.75 Å². The Kier molecular flexibility index (Phi) is 4.44. The standard InChI is InChI=1S/C20H11F6N3O/c21-19(22,23)14-10-15(20(24,25)26)29-18(27-14)16(11-4-2-1-3-5-11)17(28-29)12-6-8-13(30)9-7-12/h1-10,30H. The summed E-state index contributed by atoms with van der Waals surface area (Å²) >= 11 is 0. The van der Waals surface area contributed by atoms with E-state index in [4.69, 9.17) is 0 Å². The number of phenolic OH excluding ortho intramolecular Hbond substituents is 1.